The summed E-state index contributed by atoms with van der Waals surface area (Å²) in [5.41, 5.74) is 4.92. The number of halogens is 1. The molecule has 0 atom stereocenters. The van der Waals surface area contributed by atoms with E-state index in [1.165, 1.54) is 12.1 Å². The maximum Gasteiger partial charge on any atom is 0.231 e. The van der Waals surface area contributed by atoms with E-state index >= 15 is 0 Å². The first-order chi connectivity index (χ1) is 18.4. The van der Waals surface area contributed by atoms with E-state index in [2.05, 4.69) is 27.1 Å². The van der Waals surface area contributed by atoms with Crippen molar-refractivity contribution in [3.05, 3.63) is 107 Å². The standard InChI is InChI=1S/C29H25FN6O2/c1-4-21(23-16-32-35(3)17-23)14-26-19(2)36(18-31-26)25-11-5-20(6-12-25)13-28(37)33-29-15-27(34-38-29)22-7-9-24(30)10-8-22/h4-12,14-18H,2,13H2,1,3H3,(H,33,37)/b21-4+,26-14+. The largest absolute Gasteiger partial charge is 0.338 e. The lowest BCUT2D eigenvalue weighted by atomic mass is 10.1. The first-order valence-corrected chi connectivity index (χ1v) is 11.9. The second-order valence-electron chi connectivity index (χ2n) is 8.71. The number of benzene rings is 2. The van der Waals surface area contributed by atoms with Crippen LogP contribution in [0.15, 0.2) is 83.9 Å². The number of imidazole rings is 1. The Morgan fingerprint density at radius 1 is 1.16 bits per heavy atom. The first-order valence-electron chi connectivity index (χ1n) is 11.9. The molecule has 0 aliphatic rings. The van der Waals surface area contributed by atoms with Crippen LogP contribution < -0.4 is 16.0 Å². The van der Waals surface area contributed by atoms with Crippen LogP contribution in [0.4, 0.5) is 10.3 Å². The second kappa shape index (κ2) is 10.5. The SMILES string of the molecule is C=c1/c(=C\C(=C/C)c2cnn(C)c2)ncn1-c1ccc(CC(=O)Nc2cc(-c3ccc(F)cc3)no2)cc1. The molecule has 1 amide bonds. The van der Waals surface area contributed by atoms with Crippen LogP contribution in [0, 0.1) is 5.82 Å². The van der Waals surface area contributed by atoms with Gasteiger partial charge in [-0.15, -0.1) is 0 Å². The summed E-state index contributed by atoms with van der Waals surface area (Å²) in [6, 6.07) is 15.1. The van der Waals surface area contributed by atoms with E-state index in [1.807, 2.05) is 67.3 Å². The third-order valence-electron chi connectivity index (χ3n) is 6.03. The number of nitrogens with one attached hydrogen (secondary N) is 1. The molecule has 2 aromatic carbocycles. The van der Waals surface area contributed by atoms with Gasteiger partial charge in [0.25, 0.3) is 0 Å². The quantitative estimate of drug-likeness (QED) is 0.360. The molecule has 3 heterocycles. The lowest BCUT2D eigenvalue weighted by Gasteiger charge is -2.05. The monoisotopic (exact) mass is 508 g/mol. The van der Waals surface area contributed by atoms with Gasteiger partial charge in [0.05, 0.1) is 23.3 Å². The van der Waals surface area contributed by atoms with Crippen molar-refractivity contribution in [3.63, 3.8) is 0 Å². The molecule has 38 heavy (non-hydrogen) atoms. The van der Waals surface area contributed by atoms with Crippen molar-refractivity contribution in [2.24, 2.45) is 7.05 Å². The van der Waals surface area contributed by atoms with Crippen LogP contribution in [0.25, 0.3) is 35.2 Å². The Balaban J connectivity index is 1.25. The summed E-state index contributed by atoms with van der Waals surface area (Å²) in [6.07, 6.45) is 9.65. The number of aromatic nitrogens is 5. The van der Waals surface area contributed by atoms with Gasteiger partial charge in [0.1, 0.15) is 17.8 Å². The zero-order chi connectivity index (χ0) is 26.6. The Morgan fingerprint density at radius 2 is 1.92 bits per heavy atom. The van der Waals surface area contributed by atoms with Gasteiger partial charge < -0.3 is 4.52 Å². The fourth-order valence-corrected chi connectivity index (χ4v) is 4.01. The molecule has 9 heteroatoms. The summed E-state index contributed by atoms with van der Waals surface area (Å²) >= 11 is 0. The third-order valence-corrected chi connectivity index (χ3v) is 6.03. The van der Waals surface area contributed by atoms with E-state index in [-0.39, 0.29) is 24.0 Å². The fourth-order valence-electron chi connectivity index (χ4n) is 4.01. The zero-order valence-corrected chi connectivity index (χ0v) is 20.9. The minimum Gasteiger partial charge on any atom is -0.338 e. The normalized spacial score (nSPS) is 12.2. The number of rotatable bonds is 7. The molecule has 0 aliphatic carbocycles. The van der Waals surface area contributed by atoms with Crippen LogP contribution in [0.5, 0.6) is 0 Å². The molecule has 1 N–H and O–H groups in total. The lowest BCUT2D eigenvalue weighted by Crippen LogP contribution is -2.27. The summed E-state index contributed by atoms with van der Waals surface area (Å²) in [5.74, 6) is -0.355. The summed E-state index contributed by atoms with van der Waals surface area (Å²) in [7, 11) is 1.88. The van der Waals surface area contributed by atoms with Gasteiger partial charge in [-0.3, -0.25) is 19.4 Å². The van der Waals surface area contributed by atoms with Crippen molar-refractivity contribution in [1.29, 1.82) is 0 Å². The predicted molar refractivity (Wildman–Crippen MR) is 144 cm³/mol. The van der Waals surface area contributed by atoms with Gasteiger partial charge in [0, 0.05) is 36.1 Å². The second-order valence-corrected chi connectivity index (χ2v) is 8.71. The highest BCUT2D eigenvalue weighted by molar-refractivity contribution is 5.91. The highest BCUT2D eigenvalue weighted by Crippen LogP contribution is 2.22. The predicted octanol–water partition coefficient (Wildman–Crippen LogP) is 3.88. The molecule has 5 rings (SSSR count). The number of carbonyl (C=O) groups excluding carboxylic acids is 1. The van der Waals surface area contributed by atoms with Crippen LogP contribution in [0.1, 0.15) is 18.1 Å². The number of nitrogens with zero attached hydrogens (tertiary/aromatic N) is 5. The number of allylic oxidation sites excluding steroid dienone is 2. The molecule has 0 saturated heterocycles. The van der Waals surface area contributed by atoms with E-state index in [0.29, 0.717) is 11.3 Å². The van der Waals surface area contributed by atoms with E-state index in [1.54, 1.807) is 29.2 Å². The van der Waals surface area contributed by atoms with Crippen LogP contribution in [-0.4, -0.2) is 30.4 Å². The van der Waals surface area contributed by atoms with Gasteiger partial charge in [0.15, 0.2) is 0 Å². The average Bonchev–Trinajstić information content (AvgIpc) is 3.64. The molecule has 0 aliphatic heterocycles. The smallest absolute Gasteiger partial charge is 0.231 e. The molecule has 8 nitrogen and oxygen atoms in total. The molecular weight excluding hydrogens is 483 g/mol. The Labute approximate surface area is 218 Å². The molecule has 0 saturated carbocycles. The summed E-state index contributed by atoms with van der Waals surface area (Å²) < 4.78 is 22.0. The Morgan fingerprint density at radius 3 is 2.61 bits per heavy atom. The summed E-state index contributed by atoms with van der Waals surface area (Å²) in [4.78, 5) is 17.1. The number of hydrogen-bond donors (Lipinski definition) is 1. The Bertz CT molecular complexity index is 1730. The molecule has 0 unspecified atom stereocenters. The van der Waals surface area contributed by atoms with Crippen molar-refractivity contribution in [3.8, 4) is 16.9 Å². The van der Waals surface area contributed by atoms with Crippen molar-refractivity contribution >= 4 is 30.0 Å². The first kappa shape index (κ1) is 24.6. The van der Waals surface area contributed by atoms with Crippen molar-refractivity contribution in [2.75, 3.05) is 5.32 Å². The third kappa shape index (κ3) is 5.36. The maximum absolute atomic E-state index is 13.1. The van der Waals surface area contributed by atoms with Gasteiger partial charge in [-0.2, -0.15) is 5.10 Å². The number of hydrogen-bond acceptors (Lipinski definition) is 5. The van der Waals surface area contributed by atoms with E-state index in [4.69, 9.17) is 4.52 Å². The van der Waals surface area contributed by atoms with Crippen molar-refractivity contribution in [1.82, 2.24) is 24.5 Å². The van der Waals surface area contributed by atoms with Crippen LogP contribution in [0.2, 0.25) is 0 Å². The molecule has 0 fully saturated rings. The minimum atomic E-state index is -0.335. The number of amides is 1. The molecular formula is C29H25FN6O2. The number of carbonyl (C=O) groups is 1. The lowest BCUT2D eigenvalue weighted by molar-refractivity contribution is -0.115. The van der Waals surface area contributed by atoms with E-state index in [9.17, 15) is 9.18 Å². The van der Waals surface area contributed by atoms with Crippen LogP contribution in [-0.2, 0) is 18.3 Å². The zero-order valence-electron chi connectivity index (χ0n) is 20.9. The molecule has 0 radical (unpaired) electrons. The molecule has 0 spiro atoms. The topological polar surface area (TPSA) is 90.8 Å². The van der Waals surface area contributed by atoms with Gasteiger partial charge >= 0.3 is 0 Å². The Kier molecular flexibility index (Phi) is 6.82. The average molecular weight is 509 g/mol. The Hall–Kier alpha value is -5.05. The van der Waals surface area contributed by atoms with E-state index in [0.717, 1.165) is 33.1 Å². The van der Waals surface area contributed by atoms with Gasteiger partial charge in [-0.1, -0.05) is 29.9 Å². The van der Waals surface area contributed by atoms with Crippen LogP contribution >= 0.6 is 0 Å². The molecule has 5 aromatic rings. The molecule has 3 aromatic heterocycles. The fraction of sp³-hybridized carbons (Fsp3) is 0.103. The van der Waals surface area contributed by atoms with Crippen LogP contribution in [0.3, 0.4) is 0 Å². The van der Waals surface area contributed by atoms with Gasteiger partial charge in [0.2, 0.25) is 11.8 Å². The number of anilines is 1. The van der Waals surface area contributed by atoms with E-state index < -0.39 is 0 Å². The van der Waals surface area contributed by atoms with Gasteiger partial charge in [-0.25, -0.2) is 9.37 Å². The van der Waals surface area contributed by atoms with Crippen molar-refractivity contribution in [2.45, 2.75) is 13.3 Å². The maximum atomic E-state index is 13.1. The summed E-state index contributed by atoms with van der Waals surface area (Å²) in [5, 5.41) is 12.4. The minimum absolute atomic E-state index is 0.156. The molecule has 190 valence electrons. The van der Waals surface area contributed by atoms with Crippen molar-refractivity contribution < 1.29 is 13.7 Å². The molecule has 0 bridgehead atoms. The highest BCUT2D eigenvalue weighted by Gasteiger charge is 2.11. The highest BCUT2D eigenvalue weighted by atomic mass is 19.1. The number of aryl methyl sites for hydroxylation is 1. The van der Waals surface area contributed by atoms with Gasteiger partial charge in [-0.05, 0) is 60.5 Å². The summed E-state index contributed by atoms with van der Waals surface area (Å²) in [6.45, 7) is 6.18.